The van der Waals surface area contributed by atoms with Crippen molar-refractivity contribution in [3.05, 3.63) is 25.6 Å². The van der Waals surface area contributed by atoms with E-state index < -0.39 is 0 Å². The van der Waals surface area contributed by atoms with Crippen LogP contribution in [-0.4, -0.2) is 31.8 Å². The Morgan fingerprint density at radius 1 is 1.45 bits per heavy atom. The number of rotatable bonds is 0. The molecule has 0 fully saturated rings. The summed E-state index contributed by atoms with van der Waals surface area (Å²) in [5.74, 6) is 0.570. The van der Waals surface area contributed by atoms with Crippen LogP contribution in [0.15, 0.2) is 4.79 Å². The van der Waals surface area contributed by atoms with E-state index in [2.05, 4.69) is 31.1 Å². The van der Waals surface area contributed by atoms with E-state index in [-0.39, 0.29) is 11.1 Å². The van der Waals surface area contributed by atoms with Crippen LogP contribution in [0.1, 0.15) is 24.3 Å². The van der Waals surface area contributed by atoms with Crippen LogP contribution in [0.25, 0.3) is 16.0 Å². The number of fused-ring (bicyclic) bond motifs is 5. The van der Waals surface area contributed by atoms with Gasteiger partial charge < -0.3 is 4.90 Å². The van der Waals surface area contributed by atoms with Crippen LogP contribution in [-0.2, 0) is 20.0 Å². The fraction of sp³-hybridized carbons (Fsp3) is 0.500. The van der Waals surface area contributed by atoms with Gasteiger partial charge in [0.25, 0.3) is 5.56 Å². The molecule has 6 nitrogen and oxygen atoms in total. The normalized spacial score (nSPS) is 20.6. The molecule has 0 amide bonds. The zero-order valence-corrected chi connectivity index (χ0v) is 14.6. The Hall–Kier alpha value is -1.51. The maximum Gasteiger partial charge on any atom is 0.263 e. The lowest BCUT2D eigenvalue weighted by atomic mass is 9.88. The molecule has 0 aromatic carbocycles. The number of aryl methyl sites for hydroxylation is 1. The van der Waals surface area contributed by atoms with Gasteiger partial charge in [0.05, 0.1) is 22.8 Å². The van der Waals surface area contributed by atoms with E-state index in [1.807, 2.05) is 4.40 Å². The summed E-state index contributed by atoms with van der Waals surface area (Å²) in [5.41, 5.74) is 1.34. The highest BCUT2D eigenvalue weighted by Crippen LogP contribution is 2.33. The molecule has 0 saturated carbocycles. The van der Waals surface area contributed by atoms with Gasteiger partial charge in [-0.2, -0.15) is 0 Å². The highest BCUT2D eigenvalue weighted by Gasteiger charge is 2.37. The third kappa shape index (κ3) is 1.65. The summed E-state index contributed by atoms with van der Waals surface area (Å²) in [5, 5.41) is 7.80. The molecule has 4 rings (SSSR count). The van der Waals surface area contributed by atoms with Gasteiger partial charge in [-0.05, 0) is 31.6 Å². The minimum atomic E-state index is 0.0179. The second kappa shape index (κ2) is 4.27. The van der Waals surface area contributed by atoms with Crippen molar-refractivity contribution in [2.75, 3.05) is 7.05 Å². The summed E-state index contributed by atoms with van der Waals surface area (Å²) in [6.07, 6.45) is 0.903. The molecule has 0 radical (unpaired) electrons. The number of likely N-dealkylation sites (N-methyl/N-ethyl adjacent to an activating group) is 1. The van der Waals surface area contributed by atoms with Crippen molar-refractivity contribution in [2.45, 2.75) is 32.4 Å². The minimum Gasteiger partial charge on any atom is -0.328 e. The molecule has 1 unspecified atom stereocenters. The number of quaternary nitrogens is 1. The van der Waals surface area contributed by atoms with E-state index >= 15 is 0 Å². The molecule has 1 aliphatic heterocycles. The molecular formula is C14H18N5OS2+. The number of aromatic amines is 1. The fourth-order valence-corrected chi connectivity index (χ4v) is 4.91. The summed E-state index contributed by atoms with van der Waals surface area (Å²) in [7, 11) is 3.96. The molecular weight excluding hydrogens is 318 g/mol. The van der Waals surface area contributed by atoms with E-state index in [0.717, 1.165) is 23.2 Å². The quantitative estimate of drug-likeness (QED) is 0.593. The number of hydrogen-bond donors (Lipinski definition) is 2. The molecule has 3 aromatic rings. The van der Waals surface area contributed by atoms with Crippen LogP contribution in [0.3, 0.4) is 0 Å². The SMILES string of the molecule is Cn1c(=O)c2c3c(sc2n2c(=S)[nH]nc12)C[NH+](C)C(C)(C)C3. The van der Waals surface area contributed by atoms with Crippen LogP contribution in [0.5, 0.6) is 0 Å². The molecule has 8 heteroatoms. The smallest absolute Gasteiger partial charge is 0.263 e. The van der Waals surface area contributed by atoms with Gasteiger partial charge in [0.2, 0.25) is 10.5 Å². The molecule has 4 heterocycles. The second-order valence-corrected chi connectivity index (χ2v) is 8.20. The molecule has 1 atom stereocenters. The van der Waals surface area contributed by atoms with Gasteiger partial charge in [0.15, 0.2) is 0 Å². The lowest BCUT2D eigenvalue weighted by Crippen LogP contribution is -3.16. The Balaban J connectivity index is 2.21. The van der Waals surface area contributed by atoms with Crippen molar-refractivity contribution in [3.8, 4) is 0 Å². The molecule has 116 valence electrons. The van der Waals surface area contributed by atoms with Gasteiger partial charge in [-0.25, -0.2) is 9.50 Å². The lowest BCUT2D eigenvalue weighted by molar-refractivity contribution is -0.945. The first-order chi connectivity index (χ1) is 10.3. The van der Waals surface area contributed by atoms with Crippen LogP contribution in [0.4, 0.5) is 0 Å². The molecule has 2 N–H and O–H groups in total. The van der Waals surface area contributed by atoms with E-state index in [1.165, 1.54) is 15.3 Å². The van der Waals surface area contributed by atoms with Crippen molar-refractivity contribution in [1.82, 2.24) is 19.2 Å². The minimum absolute atomic E-state index is 0.0179. The average Bonchev–Trinajstić information content (AvgIpc) is 2.97. The summed E-state index contributed by atoms with van der Waals surface area (Å²) in [4.78, 5) is 16.5. The summed E-state index contributed by atoms with van der Waals surface area (Å²) < 4.78 is 4.01. The molecule has 0 bridgehead atoms. The maximum atomic E-state index is 12.8. The van der Waals surface area contributed by atoms with E-state index in [4.69, 9.17) is 12.2 Å². The predicted octanol–water partition coefficient (Wildman–Crippen LogP) is 0.655. The largest absolute Gasteiger partial charge is 0.328 e. The molecule has 1 aliphatic rings. The monoisotopic (exact) mass is 336 g/mol. The molecule has 0 spiro atoms. The van der Waals surface area contributed by atoms with Gasteiger partial charge >= 0.3 is 0 Å². The van der Waals surface area contributed by atoms with Crippen molar-refractivity contribution in [3.63, 3.8) is 0 Å². The third-order valence-electron chi connectivity index (χ3n) is 4.95. The Morgan fingerprint density at radius 3 is 2.91 bits per heavy atom. The number of nitrogens with one attached hydrogen (secondary N) is 2. The summed E-state index contributed by atoms with van der Waals surface area (Å²) >= 11 is 7.03. The van der Waals surface area contributed by atoms with Gasteiger partial charge in [-0.15, -0.1) is 16.4 Å². The fourth-order valence-electron chi connectivity index (χ4n) is 3.23. The summed E-state index contributed by atoms with van der Waals surface area (Å²) in [6.45, 7) is 5.44. The molecule has 3 aromatic heterocycles. The van der Waals surface area contributed by atoms with Gasteiger partial charge in [0.1, 0.15) is 11.4 Å². The summed E-state index contributed by atoms with van der Waals surface area (Å²) in [6, 6.07) is 0. The van der Waals surface area contributed by atoms with Gasteiger partial charge in [0, 0.05) is 13.5 Å². The zero-order valence-electron chi connectivity index (χ0n) is 13.0. The lowest BCUT2D eigenvalue weighted by Gasteiger charge is -2.36. The first-order valence-corrected chi connectivity index (χ1v) is 8.47. The van der Waals surface area contributed by atoms with E-state index in [9.17, 15) is 4.79 Å². The zero-order chi connectivity index (χ0) is 15.8. The number of nitrogens with zero attached hydrogens (tertiary/aromatic N) is 3. The van der Waals surface area contributed by atoms with E-state index in [1.54, 1.807) is 23.0 Å². The molecule has 0 saturated heterocycles. The second-order valence-electron chi connectivity index (χ2n) is 6.73. The van der Waals surface area contributed by atoms with Crippen molar-refractivity contribution in [2.24, 2.45) is 7.05 Å². The first kappa shape index (κ1) is 14.1. The highest BCUT2D eigenvalue weighted by molar-refractivity contribution is 7.71. The van der Waals surface area contributed by atoms with Crippen LogP contribution >= 0.6 is 23.6 Å². The molecule has 0 aliphatic carbocycles. The third-order valence-corrected chi connectivity index (χ3v) is 6.44. The Bertz CT molecular complexity index is 1040. The number of aromatic nitrogens is 4. The van der Waals surface area contributed by atoms with Gasteiger partial charge in [-0.3, -0.25) is 9.36 Å². The first-order valence-electron chi connectivity index (χ1n) is 7.24. The molecule has 22 heavy (non-hydrogen) atoms. The Kier molecular flexibility index (Phi) is 2.74. The number of hydrogen-bond acceptors (Lipinski definition) is 4. The van der Waals surface area contributed by atoms with Crippen molar-refractivity contribution < 1.29 is 4.90 Å². The van der Waals surface area contributed by atoms with E-state index in [0.29, 0.717) is 10.5 Å². The highest BCUT2D eigenvalue weighted by atomic mass is 32.1. The Morgan fingerprint density at radius 2 is 2.18 bits per heavy atom. The van der Waals surface area contributed by atoms with Crippen molar-refractivity contribution in [1.29, 1.82) is 0 Å². The van der Waals surface area contributed by atoms with Crippen LogP contribution in [0.2, 0.25) is 0 Å². The van der Waals surface area contributed by atoms with Gasteiger partial charge in [-0.1, -0.05) is 0 Å². The van der Waals surface area contributed by atoms with Crippen molar-refractivity contribution >= 4 is 39.5 Å². The predicted molar refractivity (Wildman–Crippen MR) is 89.4 cm³/mol. The number of H-pyrrole nitrogens is 1. The standard InChI is InChI=1S/C14H17N5OS2/c1-14(2)5-7-8(6-17(14)3)22-11-9(7)10(20)18(4)12-15-16-13(21)19(11)12/h5-6H2,1-4H3,(H,16,21)/p+1. The average molecular weight is 336 g/mol. The Labute approximate surface area is 136 Å². The topological polar surface area (TPSA) is 59.5 Å². The van der Waals surface area contributed by atoms with Crippen LogP contribution < -0.4 is 10.5 Å². The maximum absolute atomic E-state index is 12.8. The van der Waals surface area contributed by atoms with Crippen LogP contribution in [0, 0.1) is 4.77 Å². The number of thiophene rings is 1.